The van der Waals surface area contributed by atoms with Crippen LogP contribution in [0.2, 0.25) is 0 Å². The summed E-state index contributed by atoms with van der Waals surface area (Å²) in [5.74, 6) is 0.873. The lowest BCUT2D eigenvalue weighted by Crippen LogP contribution is -2.18. The first-order valence-corrected chi connectivity index (χ1v) is 5.72. The number of hydrogen-bond acceptors (Lipinski definition) is 3. The highest BCUT2D eigenvalue weighted by molar-refractivity contribution is 5.93. The van der Waals surface area contributed by atoms with E-state index >= 15 is 0 Å². The summed E-state index contributed by atoms with van der Waals surface area (Å²) in [6.45, 7) is 0.554. The van der Waals surface area contributed by atoms with Crippen LogP contribution in [0.25, 0.3) is 0 Å². The van der Waals surface area contributed by atoms with Gasteiger partial charge in [-0.3, -0.25) is 4.79 Å². The third-order valence-electron chi connectivity index (χ3n) is 2.67. The van der Waals surface area contributed by atoms with Crippen LogP contribution in [0.1, 0.15) is 24.8 Å². The number of anilines is 1. The Morgan fingerprint density at radius 3 is 3.12 bits per heavy atom. The van der Waals surface area contributed by atoms with Crippen LogP contribution in [0.15, 0.2) is 18.2 Å². The molecule has 0 unspecified atom stereocenters. The first kappa shape index (κ1) is 11.5. The van der Waals surface area contributed by atoms with Crippen molar-refractivity contribution < 1.29 is 9.53 Å². The smallest absolute Gasteiger partial charge is 0.224 e. The molecule has 88 valence electrons. The molecule has 1 aromatic carbocycles. The number of carbonyl (C=O) groups excluding carboxylic acids is 1. The van der Waals surface area contributed by atoms with Crippen molar-refractivity contribution >= 4 is 11.6 Å². The maximum atomic E-state index is 11.2. The van der Waals surface area contributed by atoms with Crippen LogP contribution in [-0.2, 0) is 11.2 Å². The summed E-state index contributed by atoms with van der Waals surface area (Å²) >= 11 is 0. The van der Waals surface area contributed by atoms with Crippen LogP contribution in [0.4, 0.5) is 5.69 Å². The summed E-state index contributed by atoms with van der Waals surface area (Å²) in [5, 5.41) is 11.2. The van der Waals surface area contributed by atoms with E-state index in [2.05, 4.69) is 11.4 Å². The van der Waals surface area contributed by atoms with E-state index in [1.54, 1.807) is 0 Å². The van der Waals surface area contributed by atoms with Crippen LogP contribution >= 0.6 is 0 Å². The van der Waals surface area contributed by atoms with Gasteiger partial charge in [0.25, 0.3) is 0 Å². The molecule has 1 heterocycles. The van der Waals surface area contributed by atoms with Crippen LogP contribution < -0.4 is 10.1 Å². The molecule has 17 heavy (non-hydrogen) atoms. The molecule has 1 aliphatic rings. The van der Waals surface area contributed by atoms with Crippen molar-refractivity contribution in [2.24, 2.45) is 0 Å². The summed E-state index contributed by atoms with van der Waals surface area (Å²) < 4.78 is 5.54. The lowest BCUT2D eigenvalue weighted by Gasteiger charge is -2.17. The second kappa shape index (κ2) is 5.35. The number of nitrogens with zero attached hydrogens (tertiary/aromatic N) is 1. The van der Waals surface area contributed by atoms with Crippen LogP contribution in [0, 0.1) is 11.3 Å². The van der Waals surface area contributed by atoms with Crippen LogP contribution in [0.3, 0.4) is 0 Å². The lowest BCUT2D eigenvalue weighted by atomic mass is 10.0. The summed E-state index contributed by atoms with van der Waals surface area (Å²) in [6, 6.07) is 7.75. The molecule has 0 aliphatic carbocycles. The quantitative estimate of drug-likeness (QED) is 0.807. The number of benzene rings is 1. The van der Waals surface area contributed by atoms with E-state index in [1.165, 1.54) is 0 Å². The number of unbranched alkanes of at least 4 members (excludes halogenated alkanes) is 1. The first-order valence-electron chi connectivity index (χ1n) is 5.72. The monoisotopic (exact) mass is 230 g/mol. The van der Waals surface area contributed by atoms with E-state index in [0.717, 1.165) is 29.8 Å². The average molecular weight is 230 g/mol. The van der Waals surface area contributed by atoms with Crippen LogP contribution in [-0.4, -0.2) is 12.5 Å². The van der Waals surface area contributed by atoms with Crippen molar-refractivity contribution in [1.29, 1.82) is 5.26 Å². The summed E-state index contributed by atoms with van der Waals surface area (Å²) in [4.78, 5) is 11.2. The SMILES string of the molecule is N#CCCCOc1ccc2c(c1)CCC(=O)N2. The number of fused-ring (bicyclic) bond motifs is 1. The highest BCUT2D eigenvalue weighted by Gasteiger charge is 2.14. The highest BCUT2D eigenvalue weighted by Crippen LogP contribution is 2.26. The first-order chi connectivity index (χ1) is 8.29. The van der Waals surface area contributed by atoms with Crippen molar-refractivity contribution in [3.05, 3.63) is 23.8 Å². The normalized spacial score (nSPS) is 13.5. The molecule has 0 saturated heterocycles. The maximum absolute atomic E-state index is 11.2. The van der Waals surface area contributed by atoms with Crippen molar-refractivity contribution in [1.82, 2.24) is 0 Å². The Kier molecular flexibility index (Phi) is 3.61. The Balaban J connectivity index is 1.97. The van der Waals surface area contributed by atoms with Gasteiger partial charge in [0.15, 0.2) is 0 Å². The van der Waals surface area contributed by atoms with Gasteiger partial charge >= 0.3 is 0 Å². The molecule has 0 bridgehead atoms. The number of ether oxygens (including phenoxy) is 1. The number of rotatable bonds is 4. The minimum absolute atomic E-state index is 0.0696. The third-order valence-corrected chi connectivity index (χ3v) is 2.67. The van der Waals surface area contributed by atoms with Gasteiger partial charge in [-0.25, -0.2) is 0 Å². The Morgan fingerprint density at radius 1 is 1.41 bits per heavy atom. The van der Waals surface area contributed by atoms with Crippen molar-refractivity contribution in [3.63, 3.8) is 0 Å². The predicted molar refractivity (Wildman–Crippen MR) is 63.7 cm³/mol. The standard InChI is InChI=1S/C13H14N2O2/c14-7-1-2-8-17-11-4-5-12-10(9-11)3-6-13(16)15-12/h4-5,9H,1-3,6,8H2,(H,15,16). The Bertz CT molecular complexity index is 463. The van der Waals surface area contributed by atoms with E-state index in [9.17, 15) is 4.79 Å². The number of aryl methyl sites for hydroxylation is 1. The Labute approximate surface area is 100 Å². The minimum Gasteiger partial charge on any atom is -0.494 e. The summed E-state index contributed by atoms with van der Waals surface area (Å²) in [6.07, 6.45) is 2.55. The van der Waals surface area contributed by atoms with Gasteiger partial charge in [-0.1, -0.05) is 0 Å². The van der Waals surface area contributed by atoms with Gasteiger partial charge < -0.3 is 10.1 Å². The molecule has 4 heteroatoms. The van der Waals surface area contributed by atoms with Gasteiger partial charge in [0.2, 0.25) is 5.91 Å². The number of nitrogens with one attached hydrogen (secondary N) is 1. The van der Waals surface area contributed by atoms with Crippen LogP contribution in [0.5, 0.6) is 5.75 Å². The topological polar surface area (TPSA) is 62.1 Å². The van der Waals surface area contributed by atoms with Gasteiger partial charge in [-0.15, -0.1) is 0 Å². The number of amides is 1. The van der Waals surface area contributed by atoms with Gasteiger partial charge in [-0.05, 0) is 36.6 Å². The van der Waals surface area contributed by atoms with Gasteiger partial charge in [0.05, 0.1) is 12.7 Å². The van der Waals surface area contributed by atoms with E-state index < -0.39 is 0 Å². The molecule has 1 aromatic rings. The summed E-state index contributed by atoms with van der Waals surface area (Å²) in [7, 11) is 0. The molecule has 1 N–H and O–H groups in total. The molecule has 4 nitrogen and oxygen atoms in total. The zero-order valence-corrected chi connectivity index (χ0v) is 9.53. The number of nitriles is 1. The Morgan fingerprint density at radius 2 is 2.29 bits per heavy atom. The number of carbonyl (C=O) groups is 1. The largest absolute Gasteiger partial charge is 0.494 e. The molecular formula is C13H14N2O2. The molecule has 2 rings (SSSR count). The average Bonchev–Trinajstić information content (AvgIpc) is 2.35. The van der Waals surface area contributed by atoms with E-state index in [1.807, 2.05) is 18.2 Å². The second-order valence-electron chi connectivity index (χ2n) is 3.98. The third kappa shape index (κ3) is 2.97. The molecule has 0 fully saturated rings. The molecular weight excluding hydrogens is 216 g/mol. The molecule has 1 aliphatic heterocycles. The van der Waals surface area contributed by atoms with Gasteiger partial charge in [0.1, 0.15) is 5.75 Å². The predicted octanol–water partition coefficient (Wildman–Crippen LogP) is 2.25. The molecule has 0 atom stereocenters. The molecule has 1 amide bonds. The minimum atomic E-state index is 0.0696. The molecule has 0 radical (unpaired) electrons. The molecule has 0 spiro atoms. The van der Waals surface area contributed by atoms with Gasteiger partial charge in [-0.2, -0.15) is 5.26 Å². The van der Waals surface area contributed by atoms with E-state index in [-0.39, 0.29) is 5.91 Å². The fourth-order valence-corrected chi connectivity index (χ4v) is 1.79. The molecule has 0 aromatic heterocycles. The zero-order valence-electron chi connectivity index (χ0n) is 9.53. The maximum Gasteiger partial charge on any atom is 0.224 e. The highest BCUT2D eigenvalue weighted by atomic mass is 16.5. The zero-order chi connectivity index (χ0) is 12.1. The number of hydrogen-bond donors (Lipinski definition) is 1. The molecule has 0 saturated carbocycles. The van der Waals surface area contributed by atoms with E-state index in [4.69, 9.17) is 10.00 Å². The fraction of sp³-hybridized carbons (Fsp3) is 0.385. The fourth-order valence-electron chi connectivity index (χ4n) is 1.79. The second-order valence-corrected chi connectivity index (χ2v) is 3.98. The summed E-state index contributed by atoms with van der Waals surface area (Å²) in [5.41, 5.74) is 1.99. The van der Waals surface area contributed by atoms with Gasteiger partial charge in [0, 0.05) is 18.5 Å². The van der Waals surface area contributed by atoms with Crippen molar-refractivity contribution in [2.45, 2.75) is 25.7 Å². The van der Waals surface area contributed by atoms with E-state index in [0.29, 0.717) is 19.4 Å². The van der Waals surface area contributed by atoms with Crippen molar-refractivity contribution in [3.8, 4) is 11.8 Å². The lowest BCUT2D eigenvalue weighted by molar-refractivity contribution is -0.116. The Hall–Kier alpha value is -2.02. The van der Waals surface area contributed by atoms with Crippen molar-refractivity contribution in [2.75, 3.05) is 11.9 Å².